The maximum absolute atomic E-state index is 12.0. The molecule has 2 aromatic carbocycles. The Hall–Kier alpha value is -3.08. The second-order valence-corrected chi connectivity index (χ2v) is 5.71. The van der Waals surface area contributed by atoms with Gasteiger partial charge in [-0.15, -0.1) is 0 Å². The molecule has 128 valence electrons. The number of carbonyl (C=O) groups excluding carboxylic acids is 1. The van der Waals surface area contributed by atoms with Crippen molar-refractivity contribution in [2.75, 3.05) is 6.61 Å². The molecule has 0 bridgehead atoms. The molecule has 0 fully saturated rings. The molecule has 0 radical (unpaired) electrons. The molecule has 1 heterocycles. The monoisotopic (exact) mass is 336 g/mol. The van der Waals surface area contributed by atoms with E-state index in [2.05, 4.69) is 9.72 Å². The van der Waals surface area contributed by atoms with Crippen molar-refractivity contribution in [1.82, 2.24) is 4.57 Å². The molecule has 0 saturated carbocycles. The van der Waals surface area contributed by atoms with Crippen LogP contribution in [0.15, 0.2) is 59.8 Å². The van der Waals surface area contributed by atoms with Gasteiger partial charge in [-0.2, -0.15) is 0 Å². The predicted molar refractivity (Wildman–Crippen MR) is 97.9 cm³/mol. The Morgan fingerprint density at radius 1 is 1.12 bits per heavy atom. The molecule has 1 N–H and O–H groups in total. The van der Waals surface area contributed by atoms with E-state index >= 15 is 0 Å². The number of rotatable bonds is 5. The number of ether oxygens (including phenoxy) is 1. The Labute approximate surface area is 146 Å². The fourth-order valence-corrected chi connectivity index (χ4v) is 3.14. The minimum Gasteiger partial charge on any atom is -0.461 e. The quantitative estimate of drug-likeness (QED) is 0.334. The number of aromatic nitrogens is 1. The minimum absolute atomic E-state index is 0.00427. The molecule has 0 aliphatic heterocycles. The van der Waals surface area contributed by atoms with E-state index < -0.39 is 5.97 Å². The number of para-hydroxylation sites is 1. The second kappa shape index (κ2) is 7.21. The van der Waals surface area contributed by atoms with Crippen molar-refractivity contribution < 1.29 is 14.7 Å². The van der Waals surface area contributed by atoms with Gasteiger partial charge in [0.1, 0.15) is 0 Å². The average Bonchev–Trinajstić information content (AvgIpc) is 2.93. The summed E-state index contributed by atoms with van der Waals surface area (Å²) in [6.45, 7) is 1.96. The number of esters is 1. The minimum atomic E-state index is -0.600. The van der Waals surface area contributed by atoms with Gasteiger partial charge >= 0.3 is 5.97 Å². The van der Waals surface area contributed by atoms with Crippen molar-refractivity contribution in [3.8, 4) is 11.3 Å². The van der Waals surface area contributed by atoms with Crippen molar-refractivity contribution in [2.24, 2.45) is 12.2 Å². The largest absolute Gasteiger partial charge is 0.461 e. The summed E-state index contributed by atoms with van der Waals surface area (Å²) in [6.07, 6.45) is 0.195. The van der Waals surface area contributed by atoms with Gasteiger partial charge in [-0.3, -0.25) is 0 Å². The highest BCUT2D eigenvalue weighted by Gasteiger charge is 2.22. The molecule has 0 spiro atoms. The fourth-order valence-electron chi connectivity index (χ4n) is 3.14. The number of aryl methyl sites for hydroxylation is 1. The van der Waals surface area contributed by atoms with Crippen LogP contribution in [0.5, 0.6) is 0 Å². The predicted octanol–water partition coefficient (Wildman–Crippen LogP) is 3.78. The van der Waals surface area contributed by atoms with Crippen molar-refractivity contribution in [1.29, 1.82) is 0 Å². The van der Waals surface area contributed by atoms with Crippen LogP contribution >= 0.6 is 0 Å². The smallest absolute Gasteiger partial charge is 0.356 e. The van der Waals surface area contributed by atoms with E-state index in [1.807, 2.05) is 61.6 Å². The van der Waals surface area contributed by atoms with E-state index in [0.717, 1.165) is 27.7 Å². The van der Waals surface area contributed by atoms with Gasteiger partial charge in [-0.05, 0) is 24.1 Å². The highest BCUT2D eigenvalue weighted by atomic mass is 16.5. The Morgan fingerprint density at radius 2 is 1.80 bits per heavy atom. The lowest BCUT2D eigenvalue weighted by atomic mass is 10.0. The lowest BCUT2D eigenvalue weighted by Gasteiger charge is -2.09. The lowest BCUT2D eigenvalue weighted by molar-refractivity contribution is -0.135. The molecule has 3 aromatic rings. The molecular formula is C20H20N2O3. The first kappa shape index (κ1) is 16.8. The zero-order chi connectivity index (χ0) is 17.8. The number of oxime groups is 1. The van der Waals surface area contributed by atoms with E-state index in [1.54, 1.807) is 6.92 Å². The summed E-state index contributed by atoms with van der Waals surface area (Å²) in [7, 11) is 1.99. The van der Waals surface area contributed by atoms with E-state index in [0.29, 0.717) is 0 Å². The van der Waals surface area contributed by atoms with Crippen LogP contribution in [0.25, 0.3) is 22.2 Å². The van der Waals surface area contributed by atoms with Gasteiger partial charge in [0.15, 0.2) is 5.71 Å². The molecule has 0 aliphatic rings. The highest BCUT2D eigenvalue weighted by Crippen LogP contribution is 2.33. The third-order valence-electron chi connectivity index (χ3n) is 4.23. The summed E-state index contributed by atoms with van der Waals surface area (Å²) < 4.78 is 7.09. The van der Waals surface area contributed by atoms with E-state index in [-0.39, 0.29) is 18.7 Å². The van der Waals surface area contributed by atoms with Crippen molar-refractivity contribution in [3.63, 3.8) is 0 Å². The van der Waals surface area contributed by atoms with E-state index in [1.165, 1.54) is 0 Å². The highest BCUT2D eigenvalue weighted by molar-refractivity contribution is 6.37. The molecule has 3 rings (SSSR count). The maximum Gasteiger partial charge on any atom is 0.356 e. The first-order valence-electron chi connectivity index (χ1n) is 8.17. The summed E-state index contributed by atoms with van der Waals surface area (Å²) in [5.41, 5.74) is 4.02. The van der Waals surface area contributed by atoms with Crippen LogP contribution in [0, 0.1) is 0 Å². The molecule has 25 heavy (non-hydrogen) atoms. The number of hydrogen-bond acceptors (Lipinski definition) is 4. The first-order chi connectivity index (χ1) is 12.2. The van der Waals surface area contributed by atoms with Gasteiger partial charge in [0, 0.05) is 24.4 Å². The van der Waals surface area contributed by atoms with Gasteiger partial charge in [0.2, 0.25) is 0 Å². The maximum atomic E-state index is 12.0. The van der Waals surface area contributed by atoms with E-state index in [9.17, 15) is 10.0 Å². The number of carbonyl (C=O) groups is 1. The Kier molecular flexibility index (Phi) is 4.84. The summed E-state index contributed by atoms with van der Waals surface area (Å²) in [4.78, 5) is 12.0. The topological polar surface area (TPSA) is 63.8 Å². The van der Waals surface area contributed by atoms with Crippen molar-refractivity contribution in [2.45, 2.75) is 13.3 Å². The Bertz CT molecular complexity index is 927. The fraction of sp³-hybridized carbons (Fsp3) is 0.200. The van der Waals surface area contributed by atoms with Crippen LogP contribution in [0.1, 0.15) is 12.5 Å². The van der Waals surface area contributed by atoms with Crippen LogP contribution in [0.2, 0.25) is 0 Å². The van der Waals surface area contributed by atoms with Crippen molar-refractivity contribution >= 4 is 22.6 Å². The Morgan fingerprint density at radius 3 is 2.48 bits per heavy atom. The summed E-state index contributed by atoms with van der Waals surface area (Å²) in [5.74, 6) is -0.600. The normalized spacial score (nSPS) is 11.7. The Balaban J connectivity index is 2.18. The molecule has 0 amide bonds. The molecule has 0 unspecified atom stereocenters. The number of hydrogen-bond donors (Lipinski definition) is 1. The zero-order valence-corrected chi connectivity index (χ0v) is 14.3. The van der Waals surface area contributed by atoms with Gasteiger partial charge in [0.25, 0.3) is 0 Å². The molecule has 1 aromatic heterocycles. The van der Waals surface area contributed by atoms with Crippen molar-refractivity contribution in [3.05, 3.63) is 60.2 Å². The number of nitrogens with zero attached hydrogens (tertiary/aromatic N) is 2. The van der Waals surface area contributed by atoms with Crippen LogP contribution in [0.3, 0.4) is 0 Å². The van der Waals surface area contributed by atoms with Crippen LogP contribution in [-0.2, 0) is 23.0 Å². The molecular weight excluding hydrogens is 316 g/mol. The standard InChI is InChI=1S/C20H20N2O3/c1-3-25-20(23)17(21-24)13-16-15-11-7-8-12-18(15)22(2)19(16)14-9-5-4-6-10-14/h4-12,24H,3,13H2,1-2H3/b21-17+. The average molecular weight is 336 g/mol. The molecule has 5 heteroatoms. The summed E-state index contributed by atoms with van der Waals surface area (Å²) >= 11 is 0. The van der Waals surface area contributed by atoms with Crippen LogP contribution < -0.4 is 0 Å². The molecule has 0 atom stereocenters. The van der Waals surface area contributed by atoms with E-state index in [4.69, 9.17) is 4.74 Å². The molecule has 0 saturated heterocycles. The first-order valence-corrected chi connectivity index (χ1v) is 8.17. The number of benzene rings is 2. The van der Waals surface area contributed by atoms with Gasteiger partial charge < -0.3 is 14.5 Å². The summed E-state index contributed by atoms with van der Waals surface area (Å²) in [6, 6.07) is 17.9. The number of fused-ring (bicyclic) bond motifs is 1. The van der Waals surface area contributed by atoms with Gasteiger partial charge in [-0.1, -0.05) is 53.7 Å². The molecule has 0 aliphatic carbocycles. The third-order valence-corrected chi connectivity index (χ3v) is 4.23. The zero-order valence-electron chi connectivity index (χ0n) is 14.3. The second-order valence-electron chi connectivity index (χ2n) is 5.71. The van der Waals surface area contributed by atoms with Crippen LogP contribution in [0.4, 0.5) is 0 Å². The lowest BCUT2D eigenvalue weighted by Crippen LogP contribution is -2.20. The SMILES string of the molecule is CCOC(=O)/C(Cc1c(-c2ccccc2)n(C)c2ccccc12)=N/O. The van der Waals surface area contributed by atoms with Gasteiger partial charge in [-0.25, -0.2) is 4.79 Å². The van der Waals surface area contributed by atoms with Crippen LogP contribution in [-0.4, -0.2) is 28.1 Å². The third kappa shape index (κ3) is 3.13. The molecule has 5 nitrogen and oxygen atoms in total. The summed E-state index contributed by atoms with van der Waals surface area (Å²) in [5, 5.41) is 13.5. The van der Waals surface area contributed by atoms with Gasteiger partial charge in [0.05, 0.1) is 12.3 Å².